The van der Waals surface area contributed by atoms with E-state index in [-0.39, 0.29) is 5.91 Å². The van der Waals surface area contributed by atoms with Crippen molar-refractivity contribution in [1.82, 2.24) is 4.98 Å². The van der Waals surface area contributed by atoms with Gasteiger partial charge in [-0.1, -0.05) is 24.3 Å². The number of carbonyl (C=O) groups is 1. The standard InChI is InChI=1S/C19H13N3O2S/c23-18(14-6-4-10-22(24)12-14)20-15-7-3-5-13(11-15)19-21-16-8-1-2-9-17(16)25-19/h1-12H,(H,20,23). The molecule has 0 atom stereocenters. The van der Waals surface area contributed by atoms with Crippen LogP contribution in [0.2, 0.25) is 0 Å². The third-order valence-corrected chi connectivity index (χ3v) is 4.78. The van der Waals surface area contributed by atoms with Crippen LogP contribution in [0.15, 0.2) is 73.1 Å². The van der Waals surface area contributed by atoms with E-state index >= 15 is 0 Å². The number of pyridine rings is 1. The van der Waals surface area contributed by atoms with Crippen LogP contribution in [0, 0.1) is 5.21 Å². The third-order valence-electron chi connectivity index (χ3n) is 3.70. The Kier molecular flexibility index (Phi) is 3.87. The highest BCUT2D eigenvalue weighted by molar-refractivity contribution is 7.21. The van der Waals surface area contributed by atoms with Crippen LogP contribution in [0.4, 0.5) is 5.69 Å². The Balaban J connectivity index is 1.62. The molecule has 0 saturated heterocycles. The maximum absolute atomic E-state index is 12.3. The molecule has 5 nitrogen and oxygen atoms in total. The van der Waals surface area contributed by atoms with Crippen LogP contribution in [0.25, 0.3) is 20.8 Å². The fraction of sp³-hybridized carbons (Fsp3) is 0. The zero-order valence-corrected chi connectivity index (χ0v) is 13.9. The molecular weight excluding hydrogens is 334 g/mol. The van der Waals surface area contributed by atoms with Crippen molar-refractivity contribution >= 4 is 33.1 Å². The fourth-order valence-corrected chi connectivity index (χ4v) is 3.48. The summed E-state index contributed by atoms with van der Waals surface area (Å²) in [4.78, 5) is 16.9. The monoisotopic (exact) mass is 347 g/mol. The van der Waals surface area contributed by atoms with Gasteiger partial charge in [-0.3, -0.25) is 4.79 Å². The van der Waals surface area contributed by atoms with Crippen molar-refractivity contribution in [2.45, 2.75) is 0 Å². The van der Waals surface area contributed by atoms with Crippen molar-refractivity contribution in [2.24, 2.45) is 0 Å². The van der Waals surface area contributed by atoms with Gasteiger partial charge in [0.05, 0.1) is 10.2 Å². The SMILES string of the molecule is O=C(Nc1cccc(-c2nc3ccccc3s2)c1)c1ccc[n+]([O-])c1. The molecular formula is C19H13N3O2S. The van der Waals surface area contributed by atoms with Crippen LogP contribution < -0.4 is 10.0 Å². The number of hydrogen-bond acceptors (Lipinski definition) is 4. The van der Waals surface area contributed by atoms with E-state index in [4.69, 9.17) is 0 Å². The summed E-state index contributed by atoms with van der Waals surface area (Å²) in [6.07, 6.45) is 2.58. The van der Waals surface area contributed by atoms with Gasteiger partial charge in [-0.2, -0.15) is 4.73 Å². The minimum atomic E-state index is -0.327. The first kappa shape index (κ1) is 15.3. The van der Waals surface area contributed by atoms with Crippen molar-refractivity contribution in [2.75, 3.05) is 5.32 Å². The first-order chi connectivity index (χ1) is 12.2. The van der Waals surface area contributed by atoms with Gasteiger partial charge in [0.25, 0.3) is 5.91 Å². The third kappa shape index (κ3) is 3.20. The van der Waals surface area contributed by atoms with Gasteiger partial charge in [-0.25, -0.2) is 4.98 Å². The average Bonchev–Trinajstić information content (AvgIpc) is 3.06. The topological polar surface area (TPSA) is 68.9 Å². The largest absolute Gasteiger partial charge is 0.619 e. The first-order valence-electron chi connectivity index (χ1n) is 7.65. The summed E-state index contributed by atoms with van der Waals surface area (Å²) in [7, 11) is 0. The van der Waals surface area contributed by atoms with Crippen molar-refractivity contribution in [3.05, 3.63) is 83.8 Å². The van der Waals surface area contributed by atoms with Crippen molar-refractivity contribution in [3.63, 3.8) is 0 Å². The molecule has 0 aliphatic heterocycles. The van der Waals surface area contributed by atoms with E-state index in [0.717, 1.165) is 20.8 Å². The van der Waals surface area contributed by atoms with Crippen LogP contribution >= 0.6 is 11.3 Å². The van der Waals surface area contributed by atoms with Crippen LogP contribution in [0.1, 0.15) is 10.4 Å². The van der Waals surface area contributed by atoms with Gasteiger partial charge < -0.3 is 10.5 Å². The van der Waals surface area contributed by atoms with Crippen molar-refractivity contribution in [1.29, 1.82) is 0 Å². The van der Waals surface area contributed by atoms with Crippen LogP contribution in [0.3, 0.4) is 0 Å². The summed E-state index contributed by atoms with van der Waals surface area (Å²) < 4.78 is 1.73. The zero-order valence-electron chi connectivity index (χ0n) is 13.0. The van der Waals surface area contributed by atoms with Gasteiger partial charge >= 0.3 is 0 Å². The van der Waals surface area contributed by atoms with Gasteiger partial charge in [-0.15, -0.1) is 11.3 Å². The predicted octanol–water partition coefficient (Wildman–Crippen LogP) is 3.85. The predicted molar refractivity (Wildman–Crippen MR) is 98.4 cm³/mol. The summed E-state index contributed by atoms with van der Waals surface area (Å²) in [5.41, 5.74) is 2.86. The number of aromatic nitrogens is 2. The molecule has 2 aromatic carbocycles. The molecule has 2 heterocycles. The lowest BCUT2D eigenvalue weighted by Gasteiger charge is -2.06. The molecule has 0 spiro atoms. The van der Waals surface area contributed by atoms with E-state index in [2.05, 4.69) is 10.3 Å². The van der Waals surface area contributed by atoms with Crippen LogP contribution in [0.5, 0.6) is 0 Å². The zero-order chi connectivity index (χ0) is 17.2. The second-order valence-electron chi connectivity index (χ2n) is 5.47. The van der Waals surface area contributed by atoms with Gasteiger partial charge in [0, 0.05) is 17.3 Å². The lowest BCUT2D eigenvalue weighted by atomic mass is 10.2. The Labute approximate surface area is 147 Å². The molecule has 0 unspecified atom stereocenters. The minimum absolute atomic E-state index is 0.308. The number of benzene rings is 2. The number of rotatable bonds is 3. The summed E-state index contributed by atoms with van der Waals surface area (Å²) in [5, 5.41) is 15.0. The molecule has 0 bridgehead atoms. The number of anilines is 1. The summed E-state index contributed by atoms with van der Waals surface area (Å²) in [5.74, 6) is -0.327. The average molecular weight is 347 g/mol. The number of thiazole rings is 1. The molecule has 0 aliphatic rings. The second-order valence-corrected chi connectivity index (χ2v) is 6.50. The molecule has 1 N–H and O–H groups in total. The molecule has 122 valence electrons. The Morgan fingerprint density at radius 1 is 1.08 bits per heavy atom. The van der Waals surface area contributed by atoms with Crippen LogP contribution in [-0.4, -0.2) is 10.9 Å². The molecule has 6 heteroatoms. The highest BCUT2D eigenvalue weighted by atomic mass is 32.1. The number of hydrogen-bond donors (Lipinski definition) is 1. The molecule has 25 heavy (non-hydrogen) atoms. The quantitative estimate of drug-likeness (QED) is 0.452. The number of nitrogens with zero attached hydrogens (tertiary/aromatic N) is 2. The van der Waals surface area contributed by atoms with E-state index in [0.29, 0.717) is 16.0 Å². The van der Waals surface area contributed by atoms with E-state index in [9.17, 15) is 10.0 Å². The molecule has 4 rings (SSSR count). The van der Waals surface area contributed by atoms with E-state index < -0.39 is 0 Å². The molecule has 0 radical (unpaired) electrons. The van der Waals surface area contributed by atoms with Crippen molar-refractivity contribution in [3.8, 4) is 10.6 Å². The number of amides is 1. The summed E-state index contributed by atoms with van der Waals surface area (Å²) in [6, 6.07) is 18.6. The number of nitrogens with one attached hydrogen (secondary N) is 1. The van der Waals surface area contributed by atoms with Gasteiger partial charge in [0.15, 0.2) is 12.4 Å². The van der Waals surface area contributed by atoms with E-state index in [1.165, 1.54) is 12.4 Å². The molecule has 2 aromatic heterocycles. The van der Waals surface area contributed by atoms with Crippen LogP contribution in [-0.2, 0) is 0 Å². The van der Waals surface area contributed by atoms with Gasteiger partial charge in [0.1, 0.15) is 10.6 Å². The number of fused-ring (bicyclic) bond motifs is 1. The Bertz CT molecular complexity index is 1040. The lowest BCUT2D eigenvalue weighted by Crippen LogP contribution is -2.27. The molecule has 1 amide bonds. The highest BCUT2D eigenvalue weighted by Crippen LogP contribution is 2.31. The number of carbonyl (C=O) groups excluding carboxylic acids is 1. The van der Waals surface area contributed by atoms with Gasteiger partial charge in [-0.05, 0) is 30.3 Å². The van der Waals surface area contributed by atoms with Gasteiger partial charge in [0.2, 0.25) is 0 Å². The normalized spacial score (nSPS) is 10.7. The Morgan fingerprint density at radius 2 is 1.96 bits per heavy atom. The molecule has 0 fully saturated rings. The smallest absolute Gasteiger partial charge is 0.261 e. The molecule has 0 aliphatic carbocycles. The number of para-hydroxylation sites is 1. The summed E-state index contributed by atoms with van der Waals surface area (Å²) >= 11 is 1.61. The van der Waals surface area contributed by atoms with E-state index in [1.54, 1.807) is 23.5 Å². The summed E-state index contributed by atoms with van der Waals surface area (Å²) in [6.45, 7) is 0. The second kappa shape index (κ2) is 6.33. The maximum atomic E-state index is 12.3. The van der Waals surface area contributed by atoms with Crippen molar-refractivity contribution < 1.29 is 9.52 Å². The molecule has 0 saturated carbocycles. The Morgan fingerprint density at radius 3 is 2.80 bits per heavy atom. The first-order valence-corrected chi connectivity index (χ1v) is 8.47. The lowest BCUT2D eigenvalue weighted by molar-refractivity contribution is -0.605. The fourth-order valence-electron chi connectivity index (χ4n) is 2.52. The highest BCUT2D eigenvalue weighted by Gasteiger charge is 2.11. The Hall–Kier alpha value is -3.25. The minimum Gasteiger partial charge on any atom is -0.619 e. The van der Waals surface area contributed by atoms with E-state index in [1.807, 2.05) is 48.5 Å². The molecule has 4 aromatic rings. The maximum Gasteiger partial charge on any atom is 0.261 e.